The SMILES string of the molecule is CC/C=C/C=C/C=C/C=C/CCCCCC(=O)OCC(COCCC(C(=O)O)[N+](C)(C)C)OC(=O)CCCC/C=C/C/C=C/C/C=C/C/C=C/C/C=C/CCCCC. The number of carbonyl (C=O) groups is 3. The van der Waals surface area contributed by atoms with Crippen LogP contribution in [0.3, 0.4) is 0 Å². The fourth-order valence-corrected chi connectivity index (χ4v) is 5.59. The third kappa shape index (κ3) is 37.6. The van der Waals surface area contributed by atoms with E-state index in [1.54, 1.807) is 0 Å². The number of quaternary nitrogens is 1. The summed E-state index contributed by atoms with van der Waals surface area (Å²) in [6, 6.07) is -0.636. The summed E-state index contributed by atoms with van der Waals surface area (Å²) in [5.41, 5.74) is 0. The van der Waals surface area contributed by atoms with Crippen molar-refractivity contribution in [3.8, 4) is 0 Å². The second-order valence-corrected chi connectivity index (χ2v) is 15.3. The maximum atomic E-state index is 12.7. The van der Waals surface area contributed by atoms with Crippen LogP contribution in [0.2, 0.25) is 0 Å². The van der Waals surface area contributed by atoms with Crippen molar-refractivity contribution in [2.45, 2.75) is 148 Å². The standard InChI is InChI=1S/C50H79NO7/c1-6-8-10-12-14-16-18-20-21-22-23-24-25-26-27-29-31-33-35-37-39-41-49(53)58-46(44-56-43-42-47(50(54)55)51(3,4)5)45-57-48(52)40-38-36-34-32-30-28-19-17-15-13-11-9-7-2/h9,11,13-17,19-21,23-24,26-28,30-31,33,46-47H,6-8,10,12,18,22,25,29,32,34-45H2,1-5H3/p+1/b11-9+,15-13+,16-14+,19-17+,21-20+,24-23+,27-26+,30-28+,33-31+. The Morgan fingerprint density at radius 1 is 0.552 bits per heavy atom. The van der Waals surface area contributed by atoms with Gasteiger partial charge in [0.05, 0.1) is 34.4 Å². The molecule has 2 unspecified atom stereocenters. The first kappa shape index (κ1) is 54.0. The van der Waals surface area contributed by atoms with Crippen molar-refractivity contribution in [3.63, 3.8) is 0 Å². The number of hydrogen-bond acceptors (Lipinski definition) is 6. The zero-order chi connectivity index (χ0) is 42.8. The van der Waals surface area contributed by atoms with Gasteiger partial charge >= 0.3 is 17.9 Å². The number of carboxylic acids is 1. The van der Waals surface area contributed by atoms with Gasteiger partial charge in [-0.05, 0) is 83.5 Å². The van der Waals surface area contributed by atoms with Crippen molar-refractivity contribution in [3.05, 3.63) is 109 Å². The molecule has 0 saturated carbocycles. The van der Waals surface area contributed by atoms with E-state index in [-0.39, 0.29) is 42.7 Å². The van der Waals surface area contributed by atoms with E-state index in [1.807, 2.05) is 57.6 Å². The summed E-state index contributed by atoms with van der Waals surface area (Å²) in [5, 5.41) is 9.61. The van der Waals surface area contributed by atoms with E-state index in [1.165, 1.54) is 25.7 Å². The molecule has 0 aliphatic heterocycles. The molecule has 8 heteroatoms. The predicted molar refractivity (Wildman–Crippen MR) is 242 cm³/mol. The lowest BCUT2D eigenvalue weighted by atomic mass is 10.1. The van der Waals surface area contributed by atoms with Gasteiger partial charge < -0.3 is 23.8 Å². The number of esters is 2. The minimum atomic E-state index is -0.894. The van der Waals surface area contributed by atoms with Crippen molar-refractivity contribution in [2.75, 3.05) is 41.0 Å². The Morgan fingerprint density at radius 3 is 1.59 bits per heavy atom. The molecule has 0 amide bonds. The lowest BCUT2D eigenvalue weighted by molar-refractivity contribution is -0.887. The Morgan fingerprint density at radius 2 is 1.03 bits per heavy atom. The summed E-state index contributed by atoms with van der Waals surface area (Å²) in [7, 11) is 5.48. The van der Waals surface area contributed by atoms with Gasteiger partial charge in [-0.25, -0.2) is 4.79 Å². The summed E-state index contributed by atoms with van der Waals surface area (Å²) >= 11 is 0. The van der Waals surface area contributed by atoms with Crippen LogP contribution >= 0.6 is 0 Å². The first-order chi connectivity index (χ1) is 28.1. The van der Waals surface area contributed by atoms with Crippen LogP contribution in [-0.4, -0.2) is 80.6 Å². The van der Waals surface area contributed by atoms with Gasteiger partial charge in [-0.15, -0.1) is 0 Å². The number of likely N-dealkylation sites (N-methyl/N-ethyl adjacent to an activating group) is 1. The van der Waals surface area contributed by atoms with Crippen molar-refractivity contribution in [1.29, 1.82) is 0 Å². The molecule has 0 spiro atoms. The second kappa shape index (κ2) is 39.8. The van der Waals surface area contributed by atoms with Gasteiger partial charge in [-0.2, -0.15) is 0 Å². The number of allylic oxidation sites excluding steroid dienone is 18. The molecule has 0 fully saturated rings. The molecule has 0 rings (SSSR count). The first-order valence-corrected chi connectivity index (χ1v) is 22.0. The Balaban J connectivity index is 4.51. The molecule has 326 valence electrons. The van der Waals surface area contributed by atoms with Crippen LogP contribution in [0.5, 0.6) is 0 Å². The fourth-order valence-electron chi connectivity index (χ4n) is 5.59. The van der Waals surface area contributed by atoms with E-state index >= 15 is 0 Å². The average molecular weight is 807 g/mol. The minimum Gasteiger partial charge on any atom is -0.477 e. The third-order valence-corrected chi connectivity index (χ3v) is 9.00. The normalized spacial score (nSPS) is 14.0. The molecule has 0 aliphatic carbocycles. The van der Waals surface area contributed by atoms with Crippen LogP contribution in [0.1, 0.15) is 136 Å². The van der Waals surface area contributed by atoms with Gasteiger partial charge in [0.2, 0.25) is 0 Å². The van der Waals surface area contributed by atoms with Crippen LogP contribution in [0.15, 0.2) is 109 Å². The molecule has 1 N–H and O–H groups in total. The highest BCUT2D eigenvalue weighted by Crippen LogP contribution is 2.11. The Hall–Kier alpha value is -4.01. The quantitative estimate of drug-likeness (QED) is 0.0219. The van der Waals surface area contributed by atoms with E-state index in [0.717, 1.165) is 70.6 Å². The predicted octanol–water partition coefficient (Wildman–Crippen LogP) is 12.1. The summed E-state index contributed by atoms with van der Waals surface area (Å²) in [4.78, 5) is 36.9. The summed E-state index contributed by atoms with van der Waals surface area (Å²) in [5.74, 6) is -1.59. The number of ether oxygens (including phenoxy) is 3. The van der Waals surface area contributed by atoms with Crippen molar-refractivity contribution < 1.29 is 38.2 Å². The molecular weight excluding hydrogens is 727 g/mol. The van der Waals surface area contributed by atoms with Gasteiger partial charge in [-0.3, -0.25) is 9.59 Å². The lowest BCUT2D eigenvalue weighted by Crippen LogP contribution is -2.50. The molecule has 0 aromatic rings. The Bertz CT molecular complexity index is 1310. The Kier molecular flexibility index (Phi) is 37.0. The monoisotopic (exact) mass is 807 g/mol. The molecule has 0 saturated heterocycles. The third-order valence-electron chi connectivity index (χ3n) is 9.00. The van der Waals surface area contributed by atoms with Crippen LogP contribution in [0, 0.1) is 0 Å². The van der Waals surface area contributed by atoms with Crippen LogP contribution in [0.25, 0.3) is 0 Å². The highest BCUT2D eigenvalue weighted by molar-refractivity contribution is 5.72. The Labute approximate surface area is 353 Å². The smallest absolute Gasteiger partial charge is 0.362 e. The van der Waals surface area contributed by atoms with Crippen LogP contribution < -0.4 is 0 Å². The molecule has 0 radical (unpaired) electrons. The van der Waals surface area contributed by atoms with Gasteiger partial charge in [0.1, 0.15) is 6.61 Å². The molecule has 58 heavy (non-hydrogen) atoms. The first-order valence-electron chi connectivity index (χ1n) is 22.0. The van der Waals surface area contributed by atoms with E-state index in [2.05, 4.69) is 86.8 Å². The van der Waals surface area contributed by atoms with E-state index in [0.29, 0.717) is 19.3 Å². The molecule has 0 heterocycles. The van der Waals surface area contributed by atoms with Crippen molar-refractivity contribution in [2.24, 2.45) is 0 Å². The summed E-state index contributed by atoms with van der Waals surface area (Å²) < 4.78 is 17.2. The number of unbranched alkanes of at least 4 members (excludes halogenated alkanes) is 8. The topological polar surface area (TPSA) is 99.1 Å². The highest BCUT2D eigenvalue weighted by atomic mass is 16.6. The molecule has 0 aliphatic rings. The number of rotatable bonds is 37. The van der Waals surface area contributed by atoms with Gasteiger partial charge in [0, 0.05) is 19.3 Å². The zero-order valence-corrected chi connectivity index (χ0v) is 36.9. The maximum absolute atomic E-state index is 12.7. The molecule has 0 aromatic heterocycles. The highest BCUT2D eigenvalue weighted by Gasteiger charge is 2.31. The van der Waals surface area contributed by atoms with Crippen molar-refractivity contribution in [1.82, 2.24) is 0 Å². The second-order valence-electron chi connectivity index (χ2n) is 15.3. The molecule has 0 aromatic carbocycles. The molecular formula is C50H80NO7+. The molecule has 2 atom stereocenters. The number of hydrogen-bond donors (Lipinski definition) is 1. The fraction of sp³-hybridized carbons (Fsp3) is 0.580. The zero-order valence-electron chi connectivity index (χ0n) is 36.9. The average Bonchev–Trinajstić information content (AvgIpc) is 3.18. The summed E-state index contributed by atoms with van der Waals surface area (Å²) in [6.45, 7) is 4.44. The van der Waals surface area contributed by atoms with Gasteiger partial charge in [0.25, 0.3) is 0 Å². The number of carboxylic acid groups (broad SMARTS) is 1. The van der Waals surface area contributed by atoms with Gasteiger partial charge in [-0.1, -0.05) is 142 Å². The largest absolute Gasteiger partial charge is 0.477 e. The lowest BCUT2D eigenvalue weighted by Gasteiger charge is -2.31. The number of carbonyl (C=O) groups excluding carboxylic acids is 2. The van der Waals surface area contributed by atoms with E-state index in [9.17, 15) is 19.5 Å². The van der Waals surface area contributed by atoms with Gasteiger partial charge in [0.15, 0.2) is 12.1 Å². The number of nitrogens with zero attached hydrogens (tertiary/aromatic N) is 1. The van der Waals surface area contributed by atoms with Crippen molar-refractivity contribution >= 4 is 17.9 Å². The molecule has 8 nitrogen and oxygen atoms in total. The maximum Gasteiger partial charge on any atom is 0.362 e. The molecule has 0 bridgehead atoms. The number of aliphatic carboxylic acids is 1. The van der Waals surface area contributed by atoms with Crippen LogP contribution in [0.4, 0.5) is 0 Å². The van der Waals surface area contributed by atoms with E-state index < -0.39 is 18.1 Å². The summed E-state index contributed by atoms with van der Waals surface area (Å²) in [6.07, 6.45) is 54.3. The minimum absolute atomic E-state index is 0.0226. The van der Waals surface area contributed by atoms with E-state index in [4.69, 9.17) is 14.2 Å². The van der Waals surface area contributed by atoms with Crippen LogP contribution in [-0.2, 0) is 28.6 Å².